The molecule has 3 rings (SSSR count). The molecule has 0 radical (unpaired) electrons. The normalized spacial score (nSPS) is 18.8. The Bertz CT molecular complexity index is 847. The van der Waals surface area contributed by atoms with E-state index in [0.717, 1.165) is 24.8 Å². The molecule has 2 aromatic carbocycles. The first-order chi connectivity index (χ1) is 13.5. The van der Waals surface area contributed by atoms with Crippen LogP contribution < -0.4 is 4.74 Å². The third-order valence-corrected chi connectivity index (χ3v) is 6.22. The number of hydrogen-bond acceptors (Lipinski definition) is 1. The van der Waals surface area contributed by atoms with Gasteiger partial charge in [-0.05, 0) is 83.2 Å². The highest BCUT2D eigenvalue weighted by molar-refractivity contribution is 5.70. The molecule has 29 heavy (non-hydrogen) atoms. The Kier molecular flexibility index (Phi) is 6.13. The summed E-state index contributed by atoms with van der Waals surface area (Å²) >= 11 is 0. The van der Waals surface area contributed by atoms with Crippen molar-refractivity contribution in [3.63, 3.8) is 0 Å². The minimum Gasteiger partial charge on any atom is -0.497 e. The van der Waals surface area contributed by atoms with E-state index in [1.54, 1.807) is 13.2 Å². The fourth-order valence-corrected chi connectivity index (χ4v) is 5.70. The summed E-state index contributed by atoms with van der Waals surface area (Å²) in [4.78, 5) is 0. The van der Waals surface area contributed by atoms with Crippen molar-refractivity contribution < 1.29 is 9.13 Å². The number of benzene rings is 2. The molecule has 0 unspecified atom stereocenters. The van der Waals surface area contributed by atoms with Crippen molar-refractivity contribution in [1.29, 1.82) is 0 Å². The second-order valence-corrected chi connectivity index (χ2v) is 11.0. The summed E-state index contributed by atoms with van der Waals surface area (Å²) < 4.78 is 20.3. The molecule has 0 aromatic heterocycles. The van der Waals surface area contributed by atoms with Crippen LogP contribution in [0.2, 0.25) is 0 Å². The van der Waals surface area contributed by atoms with E-state index in [1.807, 2.05) is 6.07 Å². The van der Waals surface area contributed by atoms with E-state index in [9.17, 15) is 4.39 Å². The van der Waals surface area contributed by atoms with Gasteiger partial charge < -0.3 is 4.74 Å². The zero-order valence-electron chi connectivity index (χ0n) is 19.2. The lowest BCUT2D eigenvalue weighted by molar-refractivity contribution is 0.0970. The first-order valence-corrected chi connectivity index (χ1v) is 11.0. The Morgan fingerprint density at radius 2 is 1.62 bits per heavy atom. The SMILES string of the molecule is COc1ccc(F)c(-c2ccc(CC(C)C)cc2C2CC(C)(C)CC(C)(C)C2)c1. The fourth-order valence-electron chi connectivity index (χ4n) is 5.70. The van der Waals surface area contributed by atoms with Gasteiger partial charge in [-0.1, -0.05) is 59.7 Å². The van der Waals surface area contributed by atoms with Crippen LogP contribution in [0.25, 0.3) is 11.1 Å². The molecule has 0 atom stereocenters. The third-order valence-electron chi connectivity index (χ3n) is 6.22. The molecule has 0 aliphatic heterocycles. The number of rotatable bonds is 5. The summed E-state index contributed by atoms with van der Waals surface area (Å²) in [7, 11) is 1.63. The highest BCUT2D eigenvalue weighted by Gasteiger charge is 2.39. The Labute approximate surface area is 176 Å². The lowest BCUT2D eigenvalue weighted by Gasteiger charge is -2.45. The van der Waals surface area contributed by atoms with Crippen molar-refractivity contribution in [2.24, 2.45) is 16.7 Å². The molecule has 1 fully saturated rings. The number of hydrogen-bond donors (Lipinski definition) is 0. The Hall–Kier alpha value is -1.83. The Morgan fingerprint density at radius 1 is 0.966 bits per heavy atom. The zero-order chi connectivity index (χ0) is 21.4. The van der Waals surface area contributed by atoms with Crippen LogP contribution >= 0.6 is 0 Å². The van der Waals surface area contributed by atoms with E-state index < -0.39 is 0 Å². The molecule has 0 saturated heterocycles. The van der Waals surface area contributed by atoms with Gasteiger partial charge in [-0.3, -0.25) is 0 Å². The zero-order valence-corrected chi connectivity index (χ0v) is 19.2. The van der Waals surface area contributed by atoms with Gasteiger partial charge in [-0.15, -0.1) is 0 Å². The lowest BCUT2D eigenvalue weighted by Crippen LogP contribution is -2.33. The molecule has 2 aromatic rings. The molecule has 158 valence electrons. The van der Waals surface area contributed by atoms with E-state index >= 15 is 0 Å². The van der Waals surface area contributed by atoms with Gasteiger partial charge in [-0.2, -0.15) is 0 Å². The minimum atomic E-state index is -0.182. The van der Waals surface area contributed by atoms with Crippen molar-refractivity contribution in [2.45, 2.75) is 73.1 Å². The molecule has 2 heteroatoms. The van der Waals surface area contributed by atoms with Crippen molar-refractivity contribution in [1.82, 2.24) is 0 Å². The number of ether oxygens (including phenoxy) is 1. The predicted octanol–water partition coefficient (Wildman–Crippen LogP) is 8.02. The average Bonchev–Trinajstić information content (AvgIpc) is 2.59. The maximum absolute atomic E-state index is 14.9. The van der Waals surface area contributed by atoms with Gasteiger partial charge in [0.1, 0.15) is 11.6 Å². The fraction of sp³-hybridized carbons (Fsp3) is 0.556. The average molecular weight is 397 g/mol. The standard InChI is InChI=1S/C27H37FO/c1-18(2)12-19-8-10-22(24-14-21(29-7)9-11-25(24)28)23(13-19)20-15-26(3,4)17-27(5,6)16-20/h8-11,13-14,18,20H,12,15-17H2,1-7H3. The van der Waals surface area contributed by atoms with Crippen LogP contribution in [0.1, 0.15) is 77.8 Å². The van der Waals surface area contributed by atoms with Gasteiger partial charge in [0.05, 0.1) is 7.11 Å². The molecule has 1 aliphatic carbocycles. The predicted molar refractivity (Wildman–Crippen MR) is 121 cm³/mol. The summed E-state index contributed by atoms with van der Waals surface area (Å²) in [6.45, 7) is 14.0. The summed E-state index contributed by atoms with van der Waals surface area (Å²) in [6.07, 6.45) is 4.55. The number of methoxy groups -OCH3 is 1. The monoisotopic (exact) mass is 396 g/mol. The summed E-state index contributed by atoms with van der Waals surface area (Å²) in [6, 6.07) is 11.7. The van der Waals surface area contributed by atoms with Crippen molar-refractivity contribution in [3.05, 3.63) is 53.3 Å². The van der Waals surface area contributed by atoms with Crippen LogP contribution in [0.3, 0.4) is 0 Å². The Balaban J connectivity index is 2.15. The van der Waals surface area contributed by atoms with Crippen molar-refractivity contribution in [3.8, 4) is 16.9 Å². The highest BCUT2D eigenvalue weighted by atomic mass is 19.1. The summed E-state index contributed by atoms with van der Waals surface area (Å²) in [5.41, 5.74) is 4.89. The van der Waals surface area contributed by atoms with Gasteiger partial charge in [0.25, 0.3) is 0 Å². The van der Waals surface area contributed by atoms with E-state index in [0.29, 0.717) is 23.1 Å². The van der Waals surface area contributed by atoms with E-state index in [4.69, 9.17) is 4.74 Å². The van der Waals surface area contributed by atoms with Crippen molar-refractivity contribution in [2.75, 3.05) is 7.11 Å². The largest absolute Gasteiger partial charge is 0.497 e. The molecule has 0 spiro atoms. The molecule has 0 amide bonds. The maximum atomic E-state index is 14.9. The minimum absolute atomic E-state index is 0.182. The van der Waals surface area contributed by atoms with Gasteiger partial charge in [0.15, 0.2) is 0 Å². The topological polar surface area (TPSA) is 9.23 Å². The van der Waals surface area contributed by atoms with Gasteiger partial charge in [0.2, 0.25) is 0 Å². The molecule has 0 N–H and O–H groups in total. The lowest BCUT2D eigenvalue weighted by atomic mass is 9.59. The molecular formula is C27H37FO. The molecule has 1 nitrogen and oxygen atoms in total. The molecular weight excluding hydrogens is 359 g/mol. The first-order valence-electron chi connectivity index (χ1n) is 11.0. The Morgan fingerprint density at radius 3 is 2.21 bits per heavy atom. The van der Waals surface area contributed by atoms with Crippen LogP contribution in [0.5, 0.6) is 5.75 Å². The van der Waals surface area contributed by atoms with Crippen molar-refractivity contribution >= 4 is 0 Å². The second-order valence-electron chi connectivity index (χ2n) is 11.0. The molecule has 1 aliphatic rings. The molecule has 0 bridgehead atoms. The van der Waals surface area contributed by atoms with Gasteiger partial charge in [0, 0.05) is 5.56 Å². The third kappa shape index (κ3) is 5.21. The van der Waals surface area contributed by atoms with Crippen LogP contribution in [-0.4, -0.2) is 7.11 Å². The van der Waals surface area contributed by atoms with E-state index in [-0.39, 0.29) is 16.6 Å². The highest BCUT2D eigenvalue weighted by Crippen LogP contribution is 2.53. The summed E-state index contributed by atoms with van der Waals surface area (Å²) in [5, 5.41) is 0. The number of halogens is 1. The van der Waals surface area contributed by atoms with Crippen LogP contribution in [0.15, 0.2) is 36.4 Å². The first kappa shape index (κ1) is 21.9. The quantitative estimate of drug-likeness (QED) is 0.497. The van der Waals surface area contributed by atoms with Crippen LogP contribution in [0, 0.1) is 22.6 Å². The van der Waals surface area contributed by atoms with E-state index in [1.165, 1.54) is 23.6 Å². The second kappa shape index (κ2) is 8.13. The van der Waals surface area contributed by atoms with Crippen LogP contribution in [-0.2, 0) is 6.42 Å². The van der Waals surface area contributed by atoms with E-state index in [2.05, 4.69) is 59.7 Å². The smallest absolute Gasteiger partial charge is 0.131 e. The maximum Gasteiger partial charge on any atom is 0.131 e. The molecule has 0 heterocycles. The molecule has 1 saturated carbocycles. The van der Waals surface area contributed by atoms with Crippen LogP contribution in [0.4, 0.5) is 4.39 Å². The van der Waals surface area contributed by atoms with Gasteiger partial charge >= 0.3 is 0 Å². The van der Waals surface area contributed by atoms with Gasteiger partial charge in [-0.25, -0.2) is 4.39 Å². The summed E-state index contributed by atoms with van der Waals surface area (Å²) in [5.74, 6) is 1.55.